The lowest BCUT2D eigenvalue weighted by Crippen LogP contribution is -1.99. The predicted octanol–water partition coefficient (Wildman–Crippen LogP) is 4.09. The first kappa shape index (κ1) is 14.3. The molecule has 2 aromatic carbocycles. The van der Waals surface area contributed by atoms with E-state index in [0.717, 1.165) is 22.2 Å². The van der Waals surface area contributed by atoms with Crippen LogP contribution in [0.2, 0.25) is 0 Å². The van der Waals surface area contributed by atoms with Crippen LogP contribution in [0.25, 0.3) is 10.9 Å². The van der Waals surface area contributed by atoms with Crippen LogP contribution in [0.5, 0.6) is 11.5 Å². The maximum atomic E-state index is 9.78. The van der Waals surface area contributed by atoms with Crippen LogP contribution >= 0.6 is 0 Å². The van der Waals surface area contributed by atoms with Crippen molar-refractivity contribution in [2.24, 2.45) is 0 Å². The molecule has 0 unspecified atom stereocenters. The van der Waals surface area contributed by atoms with E-state index >= 15 is 0 Å². The number of nitrogens with two attached hydrogens (primary N) is 1. The standard InChI is InChI=1S/C18H20N2O2/c1-12(2)20-10-13(15-8-7-14(19)9-16(15)20)11-22-18-6-4-3-5-17(18)21/h3-10,12,21H,11,19H2,1-2H3. The second kappa shape index (κ2) is 5.64. The van der Waals surface area contributed by atoms with E-state index in [9.17, 15) is 5.11 Å². The Hall–Kier alpha value is -2.62. The van der Waals surface area contributed by atoms with Gasteiger partial charge in [0, 0.05) is 28.9 Å². The zero-order valence-corrected chi connectivity index (χ0v) is 12.8. The number of aromatic nitrogens is 1. The van der Waals surface area contributed by atoms with E-state index in [2.05, 4.69) is 24.6 Å². The van der Waals surface area contributed by atoms with E-state index in [1.807, 2.05) is 24.3 Å². The molecule has 0 aliphatic rings. The molecular weight excluding hydrogens is 276 g/mol. The molecular formula is C18H20N2O2. The first-order valence-corrected chi connectivity index (χ1v) is 7.36. The number of phenols is 1. The van der Waals surface area contributed by atoms with E-state index in [-0.39, 0.29) is 5.75 Å². The van der Waals surface area contributed by atoms with Crippen molar-refractivity contribution >= 4 is 16.6 Å². The zero-order valence-electron chi connectivity index (χ0n) is 12.8. The largest absolute Gasteiger partial charge is 0.504 e. The molecule has 0 saturated carbocycles. The summed E-state index contributed by atoms with van der Waals surface area (Å²) in [5.74, 6) is 0.641. The number of anilines is 1. The SMILES string of the molecule is CC(C)n1cc(COc2ccccc2O)c2ccc(N)cc21. The van der Waals surface area contributed by atoms with Gasteiger partial charge >= 0.3 is 0 Å². The highest BCUT2D eigenvalue weighted by atomic mass is 16.5. The maximum absolute atomic E-state index is 9.78. The topological polar surface area (TPSA) is 60.4 Å². The number of hydrogen-bond donors (Lipinski definition) is 2. The van der Waals surface area contributed by atoms with Gasteiger partial charge < -0.3 is 20.1 Å². The van der Waals surface area contributed by atoms with Gasteiger partial charge in [0.2, 0.25) is 0 Å². The van der Waals surface area contributed by atoms with Gasteiger partial charge in [-0.1, -0.05) is 18.2 Å². The molecule has 0 radical (unpaired) electrons. The fourth-order valence-electron chi connectivity index (χ4n) is 2.62. The number of fused-ring (bicyclic) bond motifs is 1. The molecule has 0 saturated heterocycles. The number of phenolic OH excluding ortho intramolecular Hbond substituents is 1. The lowest BCUT2D eigenvalue weighted by molar-refractivity contribution is 0.290. The Morgan fingerprint density at radius 3 is 2.68 bits per heavy atom. The van der Waals surface area contributed by atoms with E-state index in [1.165, 1.54) is 0 Å². The lowest BCUT2D eigenvalue weighted by atomic mass is 10.1. The molecule has 4 heteroatoms. The van der Waals surface area contributed by atoms with Crippen LogP contribution in [0.4, 0.5) is 5.69 Å². The van der Waals surface area contributed by atoms with Gasteiger partial charge in [0.15, 0.2) is 11.5 Å². The van der Waals surface area contributed by atoms with Crippen molar-refractivity contribution in [1.82, 2.24) is 4.57 Å². The van der Waals surface area contributed by atoms with Crippen LogP contribution in [0.3, 0.4) is 0 Å². The lowest BCUT2D eigenvalue weighted by Gasteiger charge is -2.09. The predicted molar refractivity (Wildman–Crippen MR) is 89.2 cm³/mol. The number of ether oxygens (including phenoxy) is 1. The average Bonchev–Trinajstić information content (AvgIpc) is 2.84. The number of hydrogen-bond acceptors (Lipinski definition) is 3. The van der Waals surface area contributed by atoms with Gasteiger partial charge in [0.25, 0.3) is 0 Å². The third kappa shape index (κ3) is 2.60. The highest BCUT2D eigenvalue weighted by Crippen LogP contribution is 2.29. The van der Waals surface area contributed by atoms with Crippen LogP contribution in [-0.2, 0) is 6.61 Å². The molecule has 4 nitrogen and oxygen atoms in total. The summed E-state index contributed by atoms with van der Waals surface area (Å²) in [7, 11) is 0. The van der Waals surface area contributed by atoms with Gasteiger partial charge in [-0.25, -0.2) is 0 Å². The second-order valence-corrected chi connectivity index (χ2v) is 5.69. The van der Waals surface area contributed by atoms with Crippen molar-refractivity contribution in [3.05, 3.63) is 54.2 Å². The molecule has 3 N–H and O–H groups in total. The molecule has 3 aromatic rings. The number of rotatable bonds is 4. The average molecular weight is 296 g/mol. The molecule has 0 aliphatic carbocycles. The molecule has 22 heavy (non-hydrogen) atoms. The van der Waals surface area contributed by atoms with Crippen LogP contribution in [0.1, 0.15) is 25.5 Å². The second-order valence-electron chi connectivity index (χ2n) is 5.69. The first-order valence-electron chi connectivity index (χ1n) is 7.36. The quantitative estimate of drug-likeness (QED) is 0.713. The van der Waals surface area contributed by atoms with Crippen molar-refractivity contribution in [1.29, 1.82) is 0 Å². The molecule has 3 rings (SSSR count). The van der Waals surface area contributed by atoms with Gasteiger partial charge in [-0.15, -0.1) is 0 Å². The summed E-state index contributed by atoms with van der Waals surface area (Å²) in [5, 5.41) is 10.9. The molecule has 0 bridgehead atoms. The summed E-state index contributed by atoms with van der Waals surface area (Å²) < 4.78 is 7.95. The molecule has 0 amide bonds. The number of nitrogen functional groups attached to an aromatic ring is 1. The molecule has 0 spiro atoms. The van der Waals surface area contributed by atoms with E-state index in [1.54, 1.807) is 18.2 Å². The Kier molecular flexibility index (Phi) is 3.67. The van der Waals surface area contributed by atoms with Crippen LogP contribution in [-0.4, -0.2) is 9.67 Å². The van der Waals surface area contributed by atoms with E-state index in [4.69, 9.17) is 10.5 Å². The summed E-state index contributed by atoms with van der Waals surface area (Å²) >= 11 is 0. The third-order valence-electron chi connectivity index (χ3n) is 3.75. The Bertz CT molecular complexity index is 806. The summed E-state index contributed by atoms with van der Waals surface area (Å²) in [6.45, 7) is 4.67. The zero-order chi connectivity index (χ0) is 15.7. The van der Waals surface area contributed by atoms with Crippen molar-refractivity contribution in [2.45, 2.75) is 26.5 Å². The van der Waals surface area contributed by atoms with Crippen molar-refractivity contribution < 1.29 is 9.84 Å². The van der Waals surface area contributed by atoms with Crippen LogP contribution < -0.4 is 10.5 Å². The normalized spacial score (nSPS) is 11.2. The Morgan fingerprint density at radius 2 is 1.95 bits per heavy atom. The van der Waals surface area contributed by atoms with Crippen molar-refractivity contribution in [3.63, 3.8) is 0 Å². The third-order valence-corrected chi connectivity index (χ3v) is 3.75. The fourth-order valence-corrected chi connectivity index (χ4v) is 2.62. The summed E-state index contributed by atoms with van der Waals surface area (Å²) in [6.07, 6.45) is 2.09. The Balaban J connectivity index is 1.96. The summed E-state index contributed by atoms with van der Waals surface area (Å²) in [5.41, 5.74) is 8.84. The molecule has 1 aromatic heterocycles. The van der Waals surface area contributed by atoms with E-state index in [0.29, 0.717) is 18.4 Å². The van der Waals surface area contributed by atoms with Gasteiger partial charge in [0.05, 0.1) is 5.52 Å². The molecule has 0 aliphatic heterocycles. The minimum atomic E-state index is 0.152. The number of nitrogens with zero attached hydrogens (tertiary/aromatic N) is 1. The van der Waals surface area contributed by atoms with Crippen LogP contribution in [0, 0.1) is 0 Å². The first-order chi connectivity index (χ1) is 10.6. The monoisotopic (exact) mass is 296 g/mol. The fraction of sp³-hybridized carbons (Fsp3) is 0.222. The van der Waals surface area contributed by atoms with Gasteiger partial charge in [-0.2, -0.15) is 0 Å². The highest BCUT2D eigenvalue weighted by Gasteiger charge is 2.12. The Morgan fingerprint density at radius 1 is 1.18 bits per heavy atom. The van der Waals surface area contributed by atoms with Crippen molar-refractivity contribution in [3.8, 4) is 11.5 Å². The number of benzene rings is 2. The van der Waals surface area contributed by atoms with Crippen molar-refractivity contribution in [2.75, 3.05) is 5.73 Å². The van der Waals surface area contributed by atoms with Gasteiger partial charge in [-0.05, 0) is 38.1 Å². The molecule has 1 heterocycles. The van der Waals surface area contributed by atoms with Crippen LogP contribution in [0.15, 0.2) is 48.7 Å². The minimum Gasteiger partial charge on any atom is -0.504 e. The maximum Gasteiger partial charge on any atom is 0.161 e. The summed E-state index contributed by atoms with van der Waals surface area (Å²) in [4.78, 5) is 0. The Labute approximate surface area is 129 Å². The minimum absolute atomic E-state index is 0.152. The molecule has 0 atom stereocenters. The van der Waals surface area contributed by atoms with Gasteiger partial charge in [-0.3, -0.25) is 0 Å². The summed E-state index contributed by atoms with van der Waals surface area (Å²) in [6, 6.07) is 13.2. The number of para-hydroxylation sites is 2. The van der Waals surface area contributed by atoms with Gasteiger partial charge in [0.1, 0.15) is 6.61 Å². The molecule has 114 valence electrons. The smallest absolute Gasteiger partial charge is 0.161 e. The highest BCUT2D eigenvalue weighted by molar-refractivity contribution is 5.86. The molecule has 0 fully saturated rings. The van der Waals surface area contributed by atoms with E-state index < -0.39 is 0 Å². The number of aromatic hydroxyl groups is 1.